The van der Waals surface area contributed by atoms with Gasteiger partial charge in [-0.25, -0.2) is 4.39 Å². The Morgan fingerprint density at radius 1 is 1.07 bits per heavy atom. The lowest BCUT2D eigenvalue weighted by molar-refractivity contribution is -0.132. The zero-order valence-electron chi connectivity index (χ0n) is 18.2. The largest absolute Gasteiger partial charge is 0.370 e. The van der Waals surface area contributed by atoms with Crippen LogP contribution in [-0.4, -0.2) is 62.2 Å². The summed E-state index contributed by atoms with van der Waals surface area (Å²) in [7, 11) is 0. The van der Waals surface area contributed by atoms with Crippen molar-refractivity contribution in [2.24, 2.45) is 5.41 Å². The standard InChI is InChI=1S/C24H35FN4O/c1-18-4-2-13-28(18)20-7-15-27(17-20)19-5-6-22(21(25)16-19)29-14-3-8-24(23(29)30)9-11-26-12-10-24/h5-6,16,18,20,26H,2-4,7-15,17H2,1H3. The van der Waals surface area contributed by atoms with Crippen LogP contribution < -0.4 is 15.1 Å². The zero-order valence-corrected chi connectivity index (χ0v) is 18.2. The molecule has 1 aromatic carbocycles. The van der Waals surface area contributed by atoms with Gasteiger partial charge in [0.15, 0.2) is 0 Å². The van der Waals surface area contributed by atoms with Gasteiger partial charge in [0.2, 0.25) is 5.91 Å². The first-order valence-electron chi connectivity index (χ1n) is 11.9. The minimum absolute atomic E-state index is 0.131. The average Bonchev–Trinajstić information content (AvgIpc) is 3.40. The molecule has 0 saturated carbocycles. The number of likely N-dealkylation sites (tertiary alicyclic amines) is 1. The maximum Gasteiger partial charge on any atom is 0.233 e. The van der Waals surface area contributed by atoms with Crippen LogP contribution in [0.5, 0.6) is 0 Å². The van der Waals surface area contributed by atoms with E-state index >= 15 is 4.39 Å². The van der Waals surface area contributed by atoms with E-state index < -0.39 is 0 Å². The third kappa shape index (κ3) is 3.52. The van der Waals surface area contributed by atoms with E-state index in [9.17, 15) is 4.79 Å². The fourth-order valence-electron chi connectivity index (χ4n) is 6.33. The van der Waals surface area contributed by atoms with E-state index in [-0.39, 0.29) is 17.1 Å². The van der Waals surface area contributed by atoms with Crippen LogP contribution in [0.15, 0.2) is 18.2 Å². The summed E-state index contributed by atoms with van der Waals surface area (Å²) in [5, 5.41) is 3.35. The second kappa shape index (κ2) is 8.12. The Hall–Kier alpha value is -1.66. The number of benzene rings is 1. The van der Waals surface area contributed by atoms with Crippen molar-refractivity contribution in [1.29, 1.82) is 0 Å². The van der Waals surface area contributed by atoms with Crippen molar-refractivity contribution in [3.8, 4) is 0 Å². The fourth-order valence-corrected chi connectivity index (χ4v) is 6.33. The minimum atomic E-state index is -0.288. The molecule has 1 N–H and O–H groups in total. The molecule has 4 heterocycles. The molecule has 4 aliphatic heterocycles. The first-order valence-corrected chi connectivity index (χ1v) is 11.9. The molecule has 1 spiro atoms. The Morgan fingerprint density at radius 3 is 2.63 bits per heavy atom. The number of hydrogen-bond donors (Lipinski definition) is 1. The van der Waals surface area contributed by atoms with E-state index in [4.69, 9.17) is 0 Å². The Labute approximate surface area is 179 Å². The molecule has 5 rings (SSSR count). The predicted molar refractivity (Wildman–Crippen MR) is 119 cm³/mol. The number of anilines is 2. The van der Waals surface area contributed by atoms with Crippen LogP contribution in [0, 0.1) is 11.2 Å². The Kier molecular flexibility index (Phi) is 5.48. The van der Waals surface area contributed by atoms with Gasteiger partial charge in [0.25, 0.3) is 0 Å². The molecular formula is C24H35FN4O. The van der Waals surface area contributed by atoms with Gasteiger partial charge in [0.05, 0.1) is 11.1 Å². The van der Waals surface area contributed by atoms with Gasteiger partial charge >= 0.3 is 0 Å². The quantitative estimate of drug-likeness (QED) is 0.823. The summed E-state index contributed by atoms with van der Waals surface area (Å²) >= 11 is 0. The van der Waals surface area contributed by atoms with Crippen LogP contribution in [0.3, 0.4) is 0 Å². The number of nitrogens with zero attached hydrogens (tertiary/aromatic N) is 3. The molecule has 1 aromatic rings. The molecular weight excluding hydrogens is 379 g/mol. The highest BCUT2D eigenvalue weighted by Gasteiger charge is 2.45. The predicted octanol–water partition coefficient (Wildman–Crippen LogP) is 3.39. The van der Waals surface area contributed by atoms with E-state index in [1.807, 2.05) is 12.1 Å². The lowest BCUT2D eigenvalue weighted by Crippen LogP contribution is -2.53. The van der Waals surface area contributed by atoms with Crippen molar-refractivity contribution in [3.05, 3.63) is 24.0 Å². The Balaban J connectivity index is 1.31. The molecule has 164 valence electrons. The van der Waals surface area contributed by atoms with Crippen LogP contribution >= 0.6 is 0 Å². The van der Waals surface area contributed by atoms with Crippen LogP contribution in [-0.2, 0) is 4.79 Å². The average molecular weight is 415 g/mol. The number of rotatable bonds is 3. The Bertz CT molecular complexity index is 788. The van der Waals surface area contributed by atoms with E-state index in [2.05, 4.69) is 22.0 Å². The van der Waals surface area contributed by atoms with E-state index in [0.29, 0.717) is 24.3 Å². The number of amides is 1. The molecule has 0 radical (unpaired) electrons. The highest BCUT2D eigenvalue weighted by Crippen LogP contribution is 2.41. The van der Waals surface area contributed by atoms with E-state index in [0.717, 1.165) is 64.0 Å². The van der Waals surface area contributed by atoms with Gasteiger partial charge in [-0.3, -0.25) is 9.69 Å². The third-order valence-corrected chi connectivity index (χ3v) is 8.12. The SMILES string of the molecule is CC1CCCN1C1CCN(c2ccc(N3CCCC4(CCNCC4)C3=O)c(F)c2)C1. The number of piperidine rings is 2. The smallest absolute Gasteiger partial charge is 0.233 e. The highest BCUT2D eigenvalue weighted by molar-refractivity contribution is 5.98. The summed E-state index contributed by atoms with van der Waals surface area (Å²) in [6.07, 6.45) is 7.36. The van der Waals surface area contributed by atoms with Crippen molar-refractivity contribution in [2.45, 2.75) is 64.0 Å². The zero-order chi connectivity index (χ0) is 20.7. The monoisotopic (exact) mass is 414 g/mol. The molecule has 4 fully saturated rings. The van der Waals surface area contributed by atoms with Crippen molar-refractivity contribution in [1.82, 2.24) is 10.2 Å². The summed E-state index contributed by atoms with van der Waals surface area (Å²) in [6.45, 7) is 7.87. The summed E-state index contributed by atoms with van der Waals surface area (Å²) in [5.41, 5.74) is 1.13. The number of carbonyl (C=O) groups is 1. The van der Waals surface area contributed by atoms with Gasteiger partial charge in [0, 0.05) is 37.4 Å². The molecule has 4 aliphatic rings. The molecule has 0 aliphatic carbocycles. The van der Waals surface area contributed by atoms with Crippen molar-refractivity contribution < 1.29 is 9.18 Å². The molecule has 2 atom stereocenters. The third-order valence-electron chi connectivity index (χ3n) is 8.12. The lowest BCUT2D eigenvalue weighted by Gasteiger charge is -2.44. The molecule has 1 amide bonds. The van der Waals surface area contributed by atoms with Crippen LogP contribution in [0.1, 0.15) is 51.9 Å². The van der Waals surface area contributed by atoms with Gasteiger partial charge < -0.3 is 15.1 Å². The van der Waals surface area contributed by atoms with E-state index in [1.54, 1.807) is 11.0 Å². The fraction of sp³-hybridized carbons (Fsp3) is 0.708. The topological polar surface area (TPSA) is 38.8 Å². The molecule has 2 unspecified atom stereocenters. The summed E-state index contributed by atoms with van der Waals surface area (Å²) < 4.78 is 15.2. The van der Waals surface area contributed by atoms with Gasteiger partial charge in [-0.1, -0.05) is 0 Å². The molecule has 6 heteroatoms. The molecule has 5 nitrogen and oxygen atoms in total. The maximum atomic E-state index is 15.2. The first kappa shape index (κ1) is 20.3. The van der Waals surface area contributed by atoms with Crippen LogP contribution in [0.25, 0.3) is 0 Å². The van der Waals surface area contributed by atoms with Crippen molar-refractivity contribution in [2.75, 3.05) is 49.1 Å². The minimum Gasteiger partial charge on any atom is -0.370 e. The summed E-state index contributed by atoms with van der Waals surface area (Å²) in [5.74, 6) is -0.129. The Morgan fingerprint density at radius 2 is 1.90 bits per heavy atom. The molecule has 0 bridgehead atoms. The number of carbonyl (C=O) groups excluding carboxylic acids is 1. The van der Waals surface area contributed by atoms with Crippen LogP contribution in [0.2, 0.25) is 0 Å². The number of nitrogens with one attached hydrogen (secondary N) is 1. The van der Waals surface area contributed by atoms with Gasteiger partial charge in [-0.2, -0.15) is 0 Å². The molecule has 30 heavy (non-hydrogen) atoms. The number of halogens is 1. The summed E-state index contributed by atoms with van der Waals surface area (Å²) in [6, 6.07) is 6.76. The molecule has 0 aromatic heterocycles. The van der Waals surface area contributed by atoms with Crippen molar-refractivity contribution in [3.63, 3.8) is 0 Å². The van der Waals surface area contributed by atoms with Crippen LogP contribution in [0.4, 0.5) is 15.8 Å². The van der Waals surface area contributed by atoms with Gasteiger partial charge in [0.1, 0.15) is 5.82 Å². The first-order chi connectivity index (χ1) is 14.6. The summed E-state index contributed by atoms with van der Waals surface area (Å²) in [4.78, 5) is 20.0. The lowest BCUT2D eigenvalue weighted by atomic mass is 9.72. The highest BCUT2D eigenvalue weighted by atomic mass is 19.1. The van der Waals surface area contributed by atoms with Crippen molar-refractivity contribution >= 4 is 17.3 Å². The second-order valence-electron chi connectivity index (χ2n) is 9.84. The second-order valence-corrected chi connectivity index (χ2v) is 9.84. The van der Waals surface area contributed by atoms with Gasteiger partial charge in [-0.15, -0.1) is 0 Å². The normalized spacial score (nSPS) is 29.9. The molecule has 4 saturated heterocycles. The number of hydrogen-bond acceptors (Lipinski definition) is 4. The van der Waals surface area contributed by atoms with Gasteiger partial charge in [-0.05, 0) is 89.7 Å². The maximum absolute atomic E-state index is 15.2. The van der Waals surface area contributed by atoms with E-state index in [1.165, 1.54) is 19.4 Å².